The third-order valence-electron chi connectivity index (χ3n) is 4.46. The van der Waals surface area contributed by atoms with Crippen LogP contribution in [0.25, 0.3) is 0 Å². The van der Waals surface area contributed by atoms with Gasteiger partial charge in [-0.1, -0.05) is 0 Å². The fourth-order valence-corrected chi connectivity index (χ4v) is 2.53. The average Bonchev–Trinajstić information content (AvgIpc) is 2.68. The Balaban J connectivity index is 2.06. The fourth-order valence-electron chi connectivity index (χ4n) is 2.53. The number of ether oxygens (including phenoxy) is 1. The smallest absolute Gasteiger partial charge is 0.254 e. The number of rotatable bonds is 6. The molecule has 2 atom stereocenters. The number of nitriles is 1. The van der Waals surface area contributed by atoms with Crippen LogP contribution in [0.4, 0.5) is 11.4 Å². The van der Waals surface area contributed by atoms with Gasteiger partial charge in [-0.2, -0.15) is 5.26 Å². The van der Waals surface area contributed by atoms with Gasteiger partial charge in [0, 0.05) is 39.9 Å². The van der Waals surface area contributed by atoms with Gasteiger partial charge in [0.05, 0.1) is 17.9 Å². The third-order valence-corrected chi connectivity index (χ3v) is 4.46. The Labute approximate surface area is 159 Å². The van der Waals surface area contributed by atoms with Crippen molar-refractivity contribution in [2.45, 2.75) is 19.1 Å². The van der Waals surface area contributed by atoms with E-state index in [4.69, 9.17) is 4.74 Å². The molecule has 0 aliphatic carbocycles. The number of hydrazine groups is 1. The Hall–Kier alpha value is -2.51. The van der Waals surface area contributed by atoms with E-state index in [0.29, 0.717) is 24.5 Å². The number of morpholine rings is 1. The Bertz CT molecular complexity index is 724. The molecule has 1 aromatic rings. The van der Waals surface area contributed by atoms with Gasteiger partial charge in [-0.25, -0.2) is 10.0 Å². The van der Waals surface area contributed by atoms with E-state index in [2.05, 4.69) is 22.0 Å². The molecule has 0 saturated carbocycles. The van der Waals surface area contributed by atoms with Crippen molar-refractivity contribution in [1.82, 2.24) is 15.3 Å². The van der Waals surface area contributed by atoms with Crippen molar-refractivity contribution in [3.05, 3.63) is 23.8 Å². The highest BCUT2D eigenvalue weighted by Crippen LogP contribution is 2.21. The van der Waals surface area contributed by atoms with Gasteiger partial charge in [-0.3, -0.25) is 9.59 Å². The zero-order valence-electron chi connectivity index (χ0n) is 16.1. The summed E-state index contributed by atoms with van der Waals surface area (Å²) < 4.78 is 5.41. The first kappa shape index (κ1) is 20.8. The number of benzene rings is 1. The van der Waals surface area contributed by atoms with Crippen LogP contribution in [-0.4, -0.2) is 74.8 Å². The molecule has 146 valence electrons. The van der Waals surface area contributed by atoms with Crippen molar-refractivity contribution < 1.29 is 14.3 Å². The quantitative estimate of drug-likeness (QED) is 0.611. The van der Waals surface area contributed by atoms with E-state index in [0.717, 1.165) is 6.54 Å². The van der Waals surface area contributed by atoms with Crippen molar-refractivity contribution in [2.24, 2.45) is 0 Å². The summed E-state index contributed by atoms with van der Waals surface area (Å²) in [5.74, 6) is -0.509. The molecule has 1 saturated heterocycles. The monoisotopic (exact) mass is 374 g/mol. The van der Waals surface area contributed by atoms with E-state index in [1.54, 1.807) is 36.1 Å². The maximum atomic E-state index is 12.4. The molecule has 2 amide bonds. The van der Waals surface area contributed by atoms with E-state index < -0.39 is 12.1 Å². The summed E-state index contributed by atoms with van der Waals surface area (Å²) in [7, 11) is 5.48. The second-order valence-corrected chi connectivity index (χ2v) is 6.51. The lowest BCUT2D eigenvalue weighted by atomic mass is 10.1. The minimum atomic E-state index is -0.564. The molecule has 9 heteroatoms. The van der Waals surface area contributed by atoms with Gasteiger partial charge in [0.15, 0.2) is 0 Å². The van der Waals surface area contributed by atoms with Crippen LogP contribution in [-0.2, 0) is 14.3 Å². The van der Waals surface area contributed by atoms with Crippen molar-refractivity contribution in [3.8, 4) is 6.07 Å². The van der Waals surface area contributed by atoms with E-state index in [9.17, 15) is 14.9 Å². The number of nitrogens with zero attached hydrogens (tertiary/aromatic N) is 3. The number of nitrogens with one attached hydrogen (secondary N) is 3. The van der Waals surface area contributed by atoms with Crippen molar-refractivity contribution in [2.75, 3.05) is 51.5 Å². The highest BCUT2D eigenvalue weighted by Gasteiger charge is 2.23. The van der Waals surface area contributed by atoms with Crippen molar-refractivity contribution in [3.63, 3.8) is 0 Å². The average molecular weight is 374 g/mol. The van der Waals surface area contributed by atoms with Crippen LogP contribution in [0.3, 0.4) is 0 Å². The van der Waals surface area contributed by atoms with Crippen LogP contribution >= 0.6 is 0 Å². The Morgan fingerprint density at radius 1 is 1.33 bits per heavy atom. The first-order valence-corrected chi connectivity index (χ1v) is 8.71. The van der Waals surface area contributed by atoms with E-state index in [-0.39, 0.29) is 17.4 Å². The lowest BCUT2D eigenvalue weighted by Crippen LogP contribution is -2.46. The van der Waals surface area contributed by atoms with Gasteiger partial charge in [0.2, 0.25) is 5.91 Å². The van der Waals surface area contributed by atoms with E-state index in [1.165, 1.54) is 6.07 Å². The molecule has 1 fully saturated rings. The van der Waals surface area contributed by atoms with Gasteiger partial charge in [0.25, 0.3) is 5.91 Å². The molecular weight excluding hydrogens is 348 g/mol. The molecule has 2 unspecified atom stereocenters. The summed E-state index contributed by atoms with van der Waals surface area (Å²) in [4.78, 5) is 24.6. The second kappa shape index (κ2) is 9.43. The summed E-state index contributed by atoms with van der Waals surface area (Å²) in [5.41, 5.74) is 1.14. The number of amides is 2. The number of carbonyl (C=O) groups excluding carboxylic acids is 2. The largest absolute Gasteiger partial charge is 0.366 e. The summed E-state index contributed by atoms with van der Waals surface area (Å²) in [6.07, 6.45) is -0.564. The summed E-state index contributed by atoms with van der Waals surface area (Å²) >= 11 is 0. The SMILES string of the molecule is CC(C(=O)Nc1ccc(NC(=O)C2CNCCO2)cc1C#N)N(C)N(C)C. The fraction of sp³-hybridized carbons (Fsp3) is 0.500. The number of likely N-dealkylation sites (N-methyl/N-ethyl adjacent to an activating group) is 1. The van der Waals surface area contributed by atoms with E-state index in [1.807, 2.05) is 14.1 Å². The van der Waals surface area contributed by atoms with Crippen molar-refractivity contribution in [1.29, 1.82) is 5.26 Å². The standard InChI is InChI=1S/C18H26N6O3/c1-12(24(4)23(2)3)17(25)22-15-6-5-14(9-13(15)10-19)21-18(26)16-11-20-7-8-27-16/h5-6,9,12,16,20H,7-8,11H2,1-4H3,(H,21,26)(H,22,25). The van der Waals surface area contributed by atoms with Gasteiger partial charge in [-0.05, 0) is 25.1 Å². The zero-order chi connectivity index (χ0) is 20.0. The topological polar surface area (TPSA) is 110 Å². The summed E-state index contributed by atoms with van der Waals surface area (Å²) in [5, 5.41) is 21.6. The molecule has 0 bridgehead atoms. The van der Waals surface area contributed by atoms with Gasteiger partial charge < -0.3 is 20.7 Å². The predicted octanol–water partition coefficient (Wildman–Crippen LogP) is 0.221. The first-order chi connectivity index (χ1) is 12.8. The predicted molar refractivity (Wildman–Crippen MR) is 102 cm³/mol. The molecule has 1 aliphatic heterocycles. The zero-order valence-corrected chi connectivity index (χ0v) is 16.1. The van der Waals surface area contributed by atoms with Crippen LogP contribution in [0.15, 0.2) is 18.2 Å². The molecule has 3 N–H and O–H groups in total. The second-order valence-electron chi connectivity index (χ2n) is 6.51. The first-order valence-electron chi connectivity index (χ1n) is 8.71. The number of hydrogen-bond acceptors (Lipinski definition) is 7. The minimum Gasteiger partial charge on any atom is -0.366 e. The third kappa shape index (κ3) is 5.48. The Morgan fingerprint density at radius 2 is 2.07 bits per heavy atom. The molecule has 1 aliphatic rings. The van der Waals surface area contributed by atoms with Crippen LogP contribution < -0.4 is 16.0 Å². The lowest BCUT2D eigenvalue weighted by molar-refractivity contribution is -0.128. The molecule has 9 nitrogen and oxygen atoms in total. The number of hydrogen-bond donors (Lipinski definition) is 3. The van der Waals surface area contributed by atoms with Gasteiger partial charge in [-0.15, -0.1) is 0 Å². The van der Waals surface area contributed by atoms with Gasteiger partial charge >= 0.3 is 0 Å². The summed E-state index contributed by atoms with van der Waals surface area (Å²) in [6.45, 7) is 3.42. The molecule has 0 aromatic heterocycles. The normalized spacial score (nSPS) is 18.0. The Morgan fingerprint density at radius 3 is 2.67 bits per heavy atom. The maximum absolute atomic E-state index is 12.4. The molecule has 1 heterocycles. The molecule has 2 rings (SSSR count). The minimum absolute atomic E-state index is 0.235. The van der Waals surface area contributed by atoms with Crippen LogP contribution in [0.5, 0.6) is 0 Å². The molecule has 1 aromatic carbocycles. The van der Waals surface area contributed by atoms with Crippen LogP contribution in [0.2, 0.25) is 0 Å². The van der Waals surface area contributed by atoms with Crippen LogP contribution in [0, 0.1) is 11.3 Å². The number of anilines is 2. The summed E-state index contributed by atoms with van der Waals surface area (Å²) in [6, 6.07) is 6.42. The maximum Gasteiger partial charge on any atom is 0.254 e. The molecular formula is C18H26N6O3. The number of carbonyl (C=O) groups is 2. The Kier molecular flexibility index (Phi) is 7.27. The highest BCUT2D eigenvalue weighted by molar-refractivity contribution is 5.97. The highest BCUT2D eigenvalue weighted by atomic mass is 16.5. The van der Waals surface area contributed by atoms with Crippen molar-refractivity contribution >= 4 is 23.2 Å². The molecule has 0 radical (unpaired) electrons. The molecule has 0 spiro atoms. The van der Waals surface area contributed by atoms with Crippen LogP contribution in [0.1, 0.15) is 12.5 Å². The van der Waals surface area contributed by atoms with Gasteiger partial charge in [0.1, 0.15) is 18.2 Å². The lowest BCUT2D eigenvalue weighted by Gasteiger charge is -2.29. The van der Waals surface area contributed by atoms with E-state index >= 15 is 0 Å². The molecule has 27 heavy (non-hydrogen) atoms.